The highest BCUT2D eigenvalue weighted by molar-refractivity contribution is 7.09. The van der Waals surface area contributed by atoms with E-state index in [4.69, 9.17) is 5.11 Å². The summed E-state index contributed by atoms with van der Waals surface area (Å²) in [5, 5.41) is 10.9. The van der Waals surface area contributed by atoms with Gasteiger partial charge in [0.05, 0.1) is 6.61 Å². The van der Waals surface area contributed by atoms with E-state index >= 15 is 0 Å². The van der Waals surface area contributed by atoms with Gasteiger partial charge < -0.3 is 10.0 Å². The Kier molecular flexibility index (Phi) is 4.42. The van der Waals surface area contributed by atoms with Crippen LogP contribution in [-0.2, 0) is 6.42 Å². The SMILES string of the molecule is CC(Cc1cccs1)N(C)CCO. The molecule has 0 fully saturated rings. The first kappa shape index (κ1) is 10.7. The highest BCUT2D eigenvalue weighted by atomic mass is 32.1. The molecule has 1 N–H and O–H groups in total. The van der Waals surface area contributed by atoms with Crippen LogP contribution in [0.3, 0.4) is 0 Å². The standard InChI is InChI=1S/C10H17NOS/c1-9(11(2)5-6-12)8-10-4-3-7-13-10/h3-4,7,9,12H,5-6,8H2,1-2H3. The fourth-order valence-electron chi connectivity index (χ4n) is 1.25. The summed E-state index contributed by atoms with van der Waals surface area (Å²) in [7, 11) is 2.05. The third kappa shape index (κ3) is 3.46. The van der Waals surface area contributed by atoms with E-state index in [0.29, 0.717) is 6.04 Å². The molecule has 0 spiro atoms. The average molecular weight is 199 g/mol. The smallest absolute Gasteiger partial charge is 0.0558 e. The quantitative estimate of drug-likeness (QED) is 0.778. The summed E-state index contributed by atoms with van der Waals surface area (Å²) < 4.78 is 0. The Hall–Kier alpha value is -0.380. The number of hydrogen-bond acceptors (Lipinski definition) is 3. The van der Waals surface area contributed by atoms with Crippen LogP contribution in [0, 0.1) is 0 Å². The minimum Gasteiger partial charge on any atom is -0.395 e. The zero-order valence-corrected chi connectivity index (χ0v) is 9.05. The van der Waals surface area contributed by atoms with Gasteiger partial charge in [-0.3, -0.25) is 0 Å². The molecule has 1 aromatic heterocycles. The molecule has 3 heteroatoms. The van der Waals surface area contributed by atoms with Gasteiger partial charge in [0.1, 0.15) is 0 Å². The Morgan fingerprint density at radius 3 is 2.92 bits per heavy atom. The Morgan fingerprint density at radius 2 is 2.38 bits per heavy atom. The molecule has 0 aliphatic rings. The zero-order chi connectivity index (χ0) is 9.68. The van der Waals surface area contributed by atoms with Crippen molar-refractivity contribution < 1.29 is 5.11 Å². The molecule has 0 aromatic carbocycles. The summed E-state index contributed by atoms with van der Waals surface area (Å²) in [5.41, 5.74) is 0. The van der Waals surface area contributed by atoms with Crippen LogP contribution in [0.1, 0.15) is 11.8 Å². The van der Waals surface area contributed by atoms with E-state index in [-0.39, 0.29) is 6.61 Å². The molecule has 1 heterocycles. The summed E-state index contributed by atoms with van der Waals surface area (Å²) in [6.45, 7) is 3.19. The predicted octanol–water partition coefficient (Wildman–Crippen LogP) is 1.60. The Bertz CT molecular complexity index is 223. The van der Waals surface area contributed by atoms with E-state index in [9.17, 15) is 0 Å². The molecule has 2 nitrogen and oxygen atoms in total. The first-order valence-electron chi connectivity index (χ1n) is 4.57. The van der Waals surface area contributed by atoms with Crippen molar-refractivity contribution >= 4 is 11.3 Å². The number of likely N-dealkylation sites (N-methyl/N-ethyl adjacent to an activating group) is 1. The van der Waals surface area contributed by atoms with Gasteiger partial charge in [-0.15, -0.1) is 11.3 Å². The lowest BCUT2D eigenvalue weighted by molar-refractivity contribution is 0.187. The van der Waals surface area contributed by atoms with Crippen molar-refractivity contribution in [2.75, 3.05) is 20.2 Å². The van der Waals surface area contributed by atoms with Crippen LogP contribution in [0.2, 0.25) is 0 Å². The van der Waals surface area contributed by atoms with Crippen LogP contribution in [-0.4, -0.2) is 36.2 Å². The first-order chi connectivity index (χ1) is 6.24. The number of hydrogen-bond donors (Lipinski definition) is 1. The highest BCUT2D eigenvalue weighted by Gasteiger charge is 2.09. The molecule has 0 amide bonds. The van der Waals surface area contributed by atoms with Crippen molar-refractivity contribution in [3.63, 3.8) is 0 Å². The average Bonchev–Trinajstić information content (AvgIpc) is 2.57. The van der Waals surface area contributed by atoms with E-state index < -0.39 is 0 Å². The molecule has 0 aliphatic carbocycles. The van der Waals surface area contributed by atoms with Gasteiger partial charge in [0.25, 0.3) is 0 Å². The van der Waals surface area contributed by atoms with Crippen molar-refractivity contribution in [1.29, 1.82) is 0 Å². The second-order valence-corrected chi connectivity index (χ2v) is 4.37. The molecular weight excluding hydrogens is 182 g/mol. The van der Waals surface area contributed by atoms with Gasteiger partial charge in [-0.1, -0.05) is 6.07 Å². The van der Waals surface area contributed by atoms with Crippen molar-refractivity contribution in [3.8, 4) is 0 Å². The van der Waals surface area contributed by atoms with E-state index in [0.717, 1.165) is 13.0 Å². The predicted molar refractivity (Wildman–Crippen MR) is 57.2 cm³/mol. The van der Waals surface area contributed by atoms with Gasteiger partial charge in [0, 0.05) is 17.5 Å². The van der Waals surface area contributed by atoms with Gasteiger partial charge in [-0.2, -0.15) is 0 Å². The molecule has 1 unspecified atom stereocenters. The molecule has 0 aliphatic heterocycles. The third-order valence-corrected chi connectivity index (χ3v) is 3.18. The lowest BCUT2D eigenvalue weighted by Gasteiger charge is -2.23. The molecule has 0 bridgehead atoms. The molecule has 0 radical (unpaired) electrons. The lowest BCUT2D eigenvalue weighted by Crippen LogP contribution is -2.32. The summed E-state index contributed by atoms with van der Waals surface area (Å²) in [5.74, 6) is 0. The number of nitrogens with zero attached hydrogens (tertiary/aromatic N) is 1. The number of aliphatic hydroxyl groups is 1. The second-order valence-electron chi connectivity index (χ2n) is 3.34. The molecule has 0 saturated heterocycles. The van der Waals surface area contributed by atoms with Crippen LogP contribution in [0.15, 0.2) is 17.5 Å². The molecule has 74 valence electrons. The van der Waals surface area contributed by atoms with Gasteiger partial charge in [0.15, 0.2) is 0 Å². The maximum absolute atomic E-state index is 8.77. The highest BCUT2D eigenvalue weighted by Crippen LogP contribution is 2.13. The molecule has 0 saturated carbocycles. The fraction of sp³-hybridized carbons (Fsp3) is 0.600. The van der Waals surface area contributed by atoms with Crippen molar-refractivity contribution in [2.45, 2.75) is 19.4 Å². The summed E-state index contributed by atoms with van der Waals surface area (Å²) in [4.78, 5) is 3.59. The monoisotopic (exact) mass is 199 g/mol. The van der Waals surface area contributed by atoms with Crippen molar-refractivity contribution in [2.24, 2.45) is 0 Å². The minimum absolute atomic E-state index is 0.241. The van der Waals surface area contributed by atoms with Crippen LogP contribution in [0.25, 0.3) is 0 Å². The number of rotatable bonds is 5. The third-order valence-electron chi connectivity index (χ3n) is 2.28. The van der Waals surface area contributed by atoms with Crippen molar-refractivity contribution in [1.82, 2.24) is 4.90 Å². The maximum atomic E-state index is 8.77. The van der Waals surface area contributed by atoms with Crippen LogP contribution < -0.4 is 0 Å². The first-order valence-corrected chi connectivity index (χ1v) is 5.45. The number of thiophene rings is 1. The van der Waals surface area contributed by atoms with E-state index in [1.807, 2.05) is 0 Å². The van der Waals surface area contributed by atoms with E-state index in [1.54, 1.807) is 11.3 Å². The minimum atomic E-state index is 0.241. The summed E-state index contributed by atoms with van der Waals surface area (Å²) >= 11 is 1.80. The summed E-state index contributed by atoms with van der Waals surface area (Å²) in [6, 6.07) is 4.75. The molecule has 1 atom stereocenters. The largest absolute Gasteiger partial charge is 0.395 e. The molecule has 1 aromatic rings. The van der Waals surface area contributed by atoms with Crippen LogP contribution in [0.5, 0.6) is 0 Å². The van der Waals surface area contributed by atoms with Crippen LogP contribution >= 0.6 is 11.3 Å². The second kappa shape index (κ2) is 5.37. The Labute approximate surface area is 83.8 Å². The van der Waals surface area contributed by atoms with Crippen LogP contribution in [0.4, 0.5) is 0 Å². The van der Waals surface area contributed by atoms with Gasteiger partial charge in [-0.05, 0) is 31.8 Å². The van der Waals surface area contributed by atoms with Gasteiger partial charge in [-0.25, -0.2) is 0 Å². The Morgan fingerprint density at radius 1 is 1.62 bits per heavy atom. The Balaban J connectivity index is 2.36. The molecule has 1 rings (SSSR count). The zero-order valence-electron chi connectivity index (χ0n) is 8.23. The number of aliphatic hydroxyl groups excluding tert-OH is 1. The topological polar surface area (TPSA) is 23.5 Å². The lowest BCUT2D eigenvalue weighted by atomic mass is 10.2. The van der Waals surface area contributed by atoms with Gasteiger partial charge >= 0.3 is 0 Å². The van der Waals surface area contributed by atoms with E-state index in [2.05, 4.69) is 36.4 Å². The van der Waals surface area contributed by atoms with E-state index in [1.165, 1.54) is 4.88 Å². The van der Waals surface area contributed by atoms with Gasteiger partial charge in [0.2, 0.25) is 0 Å². The molecule has 13 heavy (non-hydrogen) atoms. The van der Waals surface area contributed by atoms with Crippen molar-refractivity contribution in [3.05, 3.63) is 22.4 Å². The normalized spacial score (nSPS) is 13.5. The fourth-order valence-corrected chi connectivity index (χ4v) is 2.08. The molecular formula is C10H17NOS. The maximum Gasteiger partial charge on any atom is 0.0558 e. The summed E-state index contributed by atoms with van der Waals surface area (Å²) in [6.07, 6.45) is 1.08.